The van der Waals surface area contributed by atoms with Crippen LogP contribution in [0, 0.1) is 5.92 Å². The van der Waals surface area contributed by atoms with Crippen molar-refractivity contribution in [1.29, 1.82) is 0 Å². The summed E-state index contributed by atoms with van der Waals surface area (Å²) in [5.41, 5.74) is 1.06. The van der Waals surface area contributed by atoms with Crippen molar-refractivity contribution in [3.05, 3.63) is 17.5 Å². The number of hydrogen-bond acceptors (Lipinski definition) is 4. The molecule has 0 bridgehead atoms. The highest BCUT2D eigenvalue weighted by Gasteiger charge is 2.35. The topological polar surface area (TPSA) is 41.3 Å². The highest BCUT2D eigenvalue weighted by atomic mass is 16.5. The third-order valence-corrected chi connectivity index (χ3v) is 5.24. The van der Waals surface area contributed by atoms with Crippen molar-refractivity contribution in [3.8, 4) is 0 Å². The van der Waals surface area contributed by atoms with Gasteiger partial charge in [0.05, 0.1) is 12.2 Å². The first-order valence-electron chi connectivity index (χ1n) is 8.30. The van der Waals surface area contributed by atoms with Gasteiger partial charge in [-0.25, -0.2) is 0 Å². The highest BCUT2D eigenvalue weighted by Crippen LogP contribution is 2.36. The number of nitrogens with zero attached hydrogens (tertiary/aromatic N) is 2. The van der Waals surface area contributed by atoms with Gasteiger partial charge in [-0.2, -0.15) is 0 Å². The van der Waals surface area contributed by atoms with Crippen molar-refractivity contribution in [2.45, 2.75) is 70.1 Å². The van der Waals surface area contributed by atoms with Crippen molar-refractivity contribution >= 4 is 0 Å². The summed E-state index contributed by atoms with van der Waals surface area (Å²) in [5.74, 6) is 1.99. The minimum Gasteiger partial charge on any atom is -0.360 e. The second-order valence-electron chi connectivity index (χ2n) is 6.81. The van der Waals surface area contributed by atoms with Gasteiger partial charge in [0.1, 0.15) is 0 Å². The fourth-order valence-corrected chi connectivity index (χ4v) is 3.95. The second kappa shape index (κ2) is 5.49. The van der Waals surface area contributed by atoms with Crippen molar-refractivity contribution in [3.63, 3.8) is 0 Å². The zero-order valence-electron chi connectivity index (χ0n) is 12.2. The Morgan fingerprint density at radius 1 is 1.20 bits per heavy atom. The first-order valence-corrected chi connectivity index (χ1v) is 8.30. The molecule has 1 aliphatic heterocycles. The van der Waals surface area contributed by atoms with Gasteiger partial charge in [0, 0.05) is 24.7 Å². The van der Waals surface area contributed by atoms with Gasteiger partial charge in [0.2, 0.25) is 0 Å². The van der Waals surface area contributed by atoms with Gasteiger partial charge in [-0.05, 0) is 44.6 Å². The Balaban J connectivity index is 1.33. The summed E-state index contributed by atoms with van der Waals surface area (Å²) in [4.78, 5) is 2.63. The van der Waals surface area contributed by atoms with E-state index in [1.807, 2.05) is 0 Å². The minimum atomic E-state index is 0.733. The maximum absolute atomic E-state index is 5.53. The predicted molar refractivity (Wildman–Crippen MR) is 77.1 cm³/mol. The molecule has 3 aliphatic rings. The lowest BCUT2D eigenvalue weighted by Crippen LogP contribution is -2.34. The van der Waals surface area contributed by atoms with Crippen LogP contribution >= 0.6 is 0 Å². The van der Waals surface area contributed by atoms with Crippen LogP contribution < -0.4 is 5.32 Å². The number of fused-ring (bicyclic) bond motifs is 1. The number of likely N-dealkylation sites (tertiary alicyclic amines) is 1. The van der Waals surface area contributed by atoms with E-state index in [9.17, 15) is 0 Å². The van der Waals surface area contributed by atoms with Crippen LogP contribution in [-0.2, 0) is 13.1 Å². The summed E-state index contributed by atoms with van der Waals surface area (Å²) in [6.45, 7) is 3.06. The zero-order chi connectivity index (χ0) is 13.4. The molecular formula is C16H25N3O. The molecular weight excluding hydrogens is 250 g/mol. The van der Waals surface area contributed by atoms with Crippen LogP contribution in [0.3, 0.4) is 0 Å². The van der Waals surface area contributed by atoms with Crippen LogP contribution in [0.15, 0.2) is 10.6 Å². The van der Waals surface area contributed by atoms with Gasteiger partial charge in [0.15, 0.2) is 5.76 Å². The van der Waals surface area contributed by atoms with E-state index in [1.165, 1.54) is 51.5 Å². The quantitative estimate of drug-likeness (QED) is 0.897. The van der Waals surface area contributed by atoms with Crippen LogP contribution in [-0.4, -0.2) is 28.7 Å². The van der Waals surface area contributed by atoms with Gasteiger partial charge >= 0.3 is 0 Å². The lowest BCUT2D eigenvalue weighted by atomic mass is 9.85. The molecule has 1 saturated heterocycles. The van der Waals surface area contributed by atoms with E-state index in [0.717, 1.165) is 42.5 Å². The molecule has 20 heavy (non-hydrogen) atoms. The van der Waals surface area contributed by atoms with Crippen molar-refractivity contribution in [2.24, 2.45) is 5.92 Å². The van der Waals surface area contributed by atoms with E-state index in [1.54, 1.807) is 0 Å². The van der Waals surface area contributed by atoms with E-state index >= 15 is 0 Å². The molecule has 4 nitrogen and oxygen atoms in total. The standard InChI is InChI=1S/C16H25N3O/c1-2-4-16-12(3-1)7-8-19(16)11-15-9-14(18-20-15)10-17-13-5-6-13/h9,12-13,16-17H,1-8,10-11H2. The summed E-state index contributed by atoms with van der Waals surface area (Å²) >= 11 is 0. The van der Waals surface area contributed by atoms with E-state index in [4.69, 9.17) is 4.52 Å². The monoisotopic (exact) mass is 275 g/mol. The molecule has 3 fully saturated rings. The Labute approximate surface area is 120 Å². The van der Waals surface area contributed by atoms with Crippen LogP contribution in [0.25, 0.3) is 0 Å². The highest BCUT2D eigenvalue weighted by molar-refractivity contribution is 5.07. The molecule has 2 aliphatic carbocycles. The fraction of sp³-hybridized carbons (Fsp3) is 0.812. The molecule has 0 aromatic carbocycles. The Kier molecular flexibility index (Phi) is 3.52. The third kappa shape index (κ3) is 2.77. The molecule has 0 amide bonds. The molecule has 2 unspecified atom stereocenters. The first-order chi connectivity index (χ1) is 9.88. The smallest absolute Gasteiger partial charge is 0.151 e. The normalized spacial score (nSPS) is 30.6. The maximum atomic E-state index is 5.53. The molecule has 2 heterocycles. The summed E-state index contributed by atoms with van der Waals surface area (Å²) in [6, 6.07) is 3.68. The first kappa shape index (κ1) is 12.8. The van der Waals surface area contributed by atoms with Crippen molar-refractivity contribution in [2.75, 3.05) is 6.54 Å². The van der Waals surface area contributed by atoms with Crippen LogP contribution in [0.4, 0.5) is 0 Å². The molecule has 1 N–H and O–H groups in total. The van der Waals surface area contributed by atoms with Gasteiger partial charge in [-0.3, -0.25) is 4.90 Å². The number of nitrogens with one attached hydrogen (secondary N) is 1. The molecule has 110 valence electrons. The molecule has 1 aromatic rings. The van der Waals surface area contributed by atoms with E-state index in [0.29, 0.717) is 0 Å². The third-order valence-electron chi connectivity index (χ3n) is 5.24. The van der Waals surface area contributed by atoms with Gasteiger partial charge in [0.25, 0.3) is 0 Å². The predicted octanol–water partition coefficient (Wildman–Crippen LogP) is 2.69. The Morgan fingerprint density at radius 3 is 3.00 bits per heavy atom. The lowest BCUT2D eigenvalue weighted by Gasteiger charge is -2.30. The molecule has 2 atom stereocenters. The summed E-state index contributed by atoms with van der Waals surface area (Å²) < 4.78 is 5.53. The van der Waals surface area contributed by atoms with Gasteiger partial charge in [-0.1, -0.05) is 18.0 Å². The fourth-order valence-electron chi connectivity index (χ4n) is 3.95. The second-order valence-corrected chi connectivity index (χ2v) is 6.81. The van der Waals surface area contributed by atoms with Crippen LogP contribution in [0.5, 0.6) is 0 Å². The lowest BCUT2D eigenvalue weighted by molar-refractivity contribution is 0.161. The SMILES string of the molecule is c1c(CNC2CC2)noc1CN1CCC2CCCCC21. The van der Waals surface area contributed by atoms with Crippen LogP contribution in [0.1, 0.15) is 56.4 Å². The van der Waals surface area contributed by atoms with Gasteiger partial charge < -0.3 is 9.84 Å². The molecule has 0 radical (unpaired) electrons. The Morgan fingerprint density at radius 2 is 2.10 bits per heavy atom. The summed E-state index contributed by atoms with van der Waals surface area (Å²) in [5, 5.41) is 7.69. The van der Waals surface area contributed by atoms with Crippen molar-refractivity contribution < 1.29 is 4.52 Å². The van der Waals surface area contributed by atoms with E-state index in [-0.39, 0.29) is 0 Å². The molecule has 2 saturated carbocycles. The van der Waals surface area contributed by atoms with Gasteiger partial charge in [-0.15, -0.1) is 0 Å². The average Bonchev–Trinajstić information content (AvgIpc) is 3.06. The minimum absolute atomic E-state index is 0.733. The average molecular weight is 275 g/mol. The molecule has 1 aromatic heterocycles. The maximum Gasteiger partial charge on any atom is 0.151 e. The summed E-state index contributed by atoms with van der Waals surface area (Å²) in [6.07, 6.45) is 9.69. The van der Waals surface area contributed by atoms with Crippen LogP contribution in [0.2, 0.25) is 0 Å². The molecule has 4 heteroatoms. The summed E-state index contributed by atoms with van der Waals surface area (Å²) in [7, 11) is 0. The van der Waals surface area contributed by atoms with E-state index in [2.05, 4.69) is 21.4 Å². The largest absolute Gasteiger partial charge is 0.360 e. The molecule has 0 spiro atoms. The molecule has 4 rings (SSSR count). The Hall–Kier alpha value is -0.870. The number of aromatic nitrogens is 1. The zero-order valence-corrected chi connectivity index (χ0v) is 12.2. The van der Waals surface area contributed by atoms with E-state index < -0.39 is 0 Å². The van der Waals surface area contributed by atoms with Crippen molar-refractivity contribution in [1.82, 2.24) is 15.4 Å². The Bertz CT molecular complexity index is 454. The number of rotatable bonds is 5. The number of hydrogen-bond donors (Lipinski definition) is 1.